The third-order valence-corrected chi connectivity index (χ3v) is 7.19. The van der Waals surface area contributed by atoms with Crippen molar-refractivity contribution in [2.75, 3.05) is 49.1 Å². The summed E-state index contributed by atoms with van der Waals surface area (Å²) in [5, 5.41) is 1.43. The van der Waals surface area contributed by atoms with E-state index in [0.717, 1.165) is 80.0 Å². The average Bonchev–Trinajstić information content (AvgIpc) is 3.28. The van der Waals surface area contributed by atoms with Crippen LogP contribution in [0.2, 0.25) is 0 Å². The normalized spacial score (nSPS) is 18.5. The second kappa shape index (κ2) is 8.30. The molecule has 2 aliphatic rings. The van der Waals surface area contributed by atoms with Gasteiger partial charge in [-0.1, -0.05) is 0 Å². The van der Waals surface area contributed by atoms with Crippen molar-refractivity contribution >= 4 is 33.2 Å². The summed E-state index contributed by atoms with van der Waals surface area (Å²) in [6.45, 7) is 5.64. The van der Waals surface area contributed by atoms with E-state index in [2.05, 4.69) is 19.7 Å². The number of piperazine rings is 1. The van der Waals surface area contributed by atoms with Gasteiger partial charge in [0.1, 0.15) is 23.5 Å². The predicted molar refractivity (Wildman–Crippen MR) is 127 cm³/mol. The molecule has 0 bridgehead atoms. The van der Waals surface area contributed by atoms with E-state index >= 15 is 0 Å². The van der Waals surface area contributed by atoms with Crippen LogP contribution >= 0.6 is 0 Å². The zero-order valence-corrected chi connectivity index (χ0v) is 18.4. The Hall–Kier alpha value is -3.19. The van der Waals surface area contributed by atoms with Gasteiger partial charge in [-0.25, -0.2) is 8.78 Å². The maximum Gasteiger partial charge on any atom is 0.136 e. The molecule has 0 unspecified atom stereocenters. The maximum atomic E-state index is 14.2. The summed E-state index contributed by atoms with van der Waals surface area (Å²) in [6, 6.07) is 12.2. The van der Waals surface area contributed by atoms with Gasteiger partial charge in [0.05, 0.1) is 16.9 Å². The number of hydrogen-bond donors (Lipinski definition) is 0. The Morgan fingerprint density at radius 3 is 2.42 bits per heavy atom. The second-order valence-corrected chi connectivity index (χ2v) is 8.97. The Morgan fingerprint density at radius 1 is 0.818 bits per heavy atom. The fourth-order valence-corrected chi connectivity index (χ4v) is 5.41. The Labute approximate surface area is 191 Å². The van der Waals surface area contributed by atoms with Crippen molar-refractivity contribution in [3.05, 3.63) is 66.6 Å². The standard InChI is InChI=1S/C26H26F2N4O/c27-18-3-6-25-21(16-18)24(17-33-25)32-14-12-30(13-15-32)19-7-10-31(11-8-19)23-5-4-22(28)20-2-1-9-29-26(20)23/h1-6,9,16-17,19H,7-8,10-15H2. The SMILES string of the molecule is Fc1ccc2occ(N3CCN(C4CCN(c5ccc(F)c6cccnc56)CC4)CC3)c2c1. The third-order valence-electron chi connectivity index (χ3n) is 7.19. The molecule has 170 valence electrons. The van der Waals surface area contributed by atoms with Crippen LogP contribution in [0.5, 0.6) is 0 Å². The lowest BCUT2D eigenvalue weighted by Crippen LogP contribution is -2.53. The number of rotatable bonds is 3. The molecular weight excluding hydrogens is 422 g/mol. The first-order chi connectivity index (χ1) is 16.2. The van der Waals surface area contributed by atoms with Crippen molar-refractivity contribution in [2.24, 2.45) is 0 Å². The number of piperidine rings is 1. The van der Waals surface area contributed by atoms with Crippen molar-refractivity contribution in [3.63, 3.8) is 0 Å². The van der Waals surface area contributed by atoms with Crippen LogP contribution in [0.4, 0.5) is 20.2 Å². The van der Waals surface area contributed by atoms with Crippen LogP contribution in [0.3, 0.4) is 0 Å². The van der Waals surface area contributed by atoms with Crippen LogP contribution in [0.1, 0.15) is 12.8 Å². The number of halogens is 2. The first-order valence-electron chi connectivity index (χ1n) is 11.6. The van der Waals surface area contributed by atoms with E-state index in [1.165, 1.54) is 6.07 Å². The summed E-state index contributed by atoms with van der Waals surface area (Å²) in [5.74, 6) is -0.456. The van der Waals surface area contributed by atoms with Crippen LogP contribution < -0.4 is 9.80 Å². The van der Waals surface area contributed by atoms with Crippen LogP contribution in [-0.4, -0.2) is 55.2 Å². The number of furan rings is 1. The average molecular weight is 449 g/mol. The predicted octanol–water partition coefficient (Wildman–Crippen LogP) is 5.05. The molecule has 0 saturated carbocycles. The summed E-state index contributed by atoms with van der Waals surface area (Å²) in [7, 11) is 0. The number of anilines is 2. The Balaban J connectivity index is 1.10. The smallest absolute Gasteiger partial charge is 0.136 e. The number of aromatic nitrogens is 1. The van der Waals surface area contributed by atoms with Crippen molar-refractivity contribution in [3.8, 4) is 0 Å². The zero-order chi connectivity index (χ0) is 22.4. The van der Waals surface area contributed by atoms with Gasteiger partial charge in [0.15, 0.2) is 0 Å². The van der Waals surface area contributed by atoms with Gasteiger partial charge in [0.25, 0.3) is 0 Å². The van der Waals surface area contributed by atoms with Gasteiger partial charge in [0, 0.05) is 62.3 Å². The summed E-state index contributed by atoms with van der Waals surface area (Å²) in [4.78, 5) is 11.7. The second-order valence-electron chi connectivity index (χ2n) is 8.97. The van der Waals surface area contributed by atoms with Crippen LogP contribution in [0.15, 0.2) is 59.3 Å². The quantitative estimate of drug-likeness (QED) is 0.438. The fraction of sp³-hybridized carbons (Fsp3) is 0.346. The van der Waals surface area contributed by atoms with Crippen LogP contribution in [0.25, 0.3) is 21.9 Å². The van der Waals surface area contributed by atoms with Gasteiger partial charge in [-0.05, 0) is 55.3 Å². The van der Waals surface area contributed by atoms with Crippen molar-refractivity contribution in [2.45, 2.75) is 18.9 Å². The van der Waals surface area contributed by atoms with E-state index in [-0.39, 0.29) is 11.6 Å². The number of pyridine rings is 1. The van der Waals surface area contributed by atoms with E-state index < -0.39 is 0 Å². The maximum absolute atomic E-state index is 14.2. The lowest BCUT2D eigenvalue weighted by Gasteiger charge is -2.43. The van der Waals surface area contributed by atoms with Crippen LogP contribution in [-0.2, 0) is 0 Å². The Bertz CT molecular complexity index is 1290. The number of benzene rings is 2. The van der Waals surface area contributed by atoms with Gasteiger partial charge in [-0.2, -0.15) is 0 Å². The van der Waals surface area contributed by atoms with Gasteiger partial charge >= 0.3 is 0 Å². The molecule has 2 aromatic heterocycles. The molecule has 6 rings (SSSR count). The minimum Gasteiger partial charge on any atom is -0.462 e. The molecular formula is C26H26F2N4O. The molecule has 7 heteroatoms. The molecule has 0 spiro atoms. The van der Waals surface area contributed by atoms with E-state index in [0.29, 0.717) is 11.4 Å². The van der Waals surface area contributed by atoms with E-state index in [1.807, 2.05) is 6.07 Å². The first kappa shape index (κ1) is 20.4. The molecule has 2 aliphatic heterocycles. The molecule has 4 heterocycles. The molecule has 0 aliphatic carbocycles. The third kappa shape index (κ3) is 3.70. The number of hydrogen-bond acceptors (Lipinski definition) is 5. The Morgan fingerprint density at radius 2 is 1.61 bits per heavy atom. The molecule has 0 atom stereocenters. The molecule has 2 aromatic carbocycles. The Kier molecular flexibility index (Phi) is 5.14. The topological polar surface area (TPSA) is 35.8 Å². The highest BCUT2D eigenvalue weighted by molar-refractivity contribution is 5.92. The summed E-state index contributed by atoms with van der Waals surface area (Å²) in [6.07, 6.45) is 5.63. The summed E-state index contributed by atoms with van der Waals surface area (Å²) < 4.78 is 33.6. The van der Waals surface area contributed by atoms with E-state index in [4.69, 9.17) is 4.42 Å². The molecule has 0 amide bonds. The van der Waals surface area contributed by atoms with Gasteiger partial charge in [-0.3, -0.25) is 9.88 Å². The molecule has 5 nitrogen and oxygen atoms in total. The van der Waals surface area contributed by atoms with Gasteiger partial charge in [-0.15, -0.1) is 0 Å². The molecule has 33 heavy (non-hydrogen) atoms. The lowest BCUT2D eigenvalue weighted by atomic mass is 10.0. The highest BCUT2D eigenvalue weighted by Crippen LogP contribution is 2.32. The highest BCUT2D eigenvalue weighted by Gasteiger charge is 2.29. The van der Waals surface area contributed by atoms with Crippen molar-refractivity contribution < 1.29 is 13.2 Å². The largest absolute Gasteiger partial charge is 0.462 e. The van der Waals surface area contributed by atoms with E-state index in [9.17, 15) is 8.78 Å². The molecule has 0 N–H and O–H groups in total. The zero-order valence-electron chi connectivity index (χ0n) is 18.4. The molecule has 0 radical (unpaired) electrons. The monoisotopic (exact) mass is 448 g/mol. The van der Waals surface area contributed by atoms with Crippen molar-refractivity contribution in [1.82, 2.24) is 9.88 Å². The highest BCUT2D eigenvalue weighted by atomic mass is 19.1. The van der Waals surface area contributed by atoms with Crippen molar-refractivity contribution in [1.29, 1.82) is 0 Å². The van der Waals surface area contributed by atoms with Gasteiger partial charge < -0.3 is 14.2 Å². The lowest BCUT2D eigenvalue weighted by molar-refractivity contribution is 0.160. The summed E-state index contributed by atoms with van der Waals surface area (Å²) in [5.41, 5.74) is 3.47. The fourth-order valence-electron chi connectivity index (χ4n) is 5.41. The van der Waals surface area contributed by atoms with E-state index in [1.54, 1.807) is 42.8 Å². The summed E-state index contributed by atoms with van der Waals surface area (Å²) >= 11 is 0. The minimum atomic E-state index is -0.236. The number of fused-ring (bicyclic) bond motifs is 2. The van der Waals surface area contributed by atoms with Gasteiger partial charge in [0.2, 0.25) is 0 Å². The van der Waals surface area contributed by atoms with Crippen LogP contribution in [0, 0.1) is 11.6 Å². The minimum absolute atomic E-state index is 0.220. The molecule has 2 saturated heterocycles. The molecule has 4 aromatic rings. The number of nitrogens with zero attached hydrogens (tertiary/aromatic N) is 4. The molecule has 2 fully saturated rings. The first-order valence-corrected chi connectivity index (χ1v) is 11.6.